The highest BCUT2D eigenvalue weighted by atomic mass is 79.9. The lowest BCUT2D eigenvalue weighted by Gasteiger charge is -2.20. The number of anilines is 2. The molecule has 1 saturated heterocycles. The Labute approximate surface area is 115 Å². The molecule has 0 spiro atoms. The molecule has 1 amide bonds. The van der Waals surface area contributed by atoms with Crippen LogP contribution in [0, 0.1) is 11.7 Å². The van der Waals surface area contributed by atoms with Gasteiger partial charge >= 0.3 is 0 Å². The molecular formula is C11H11Br2FN2O. The Hall–Kier alpha value is -0.620. The van der Waals surface area contributed by atoms with Crippen LogP contribution in [-0.2, 0) is 4.79 Å². The van der Waals surface area contributed by atoms with E-state index in [1.807, 2.05) is 0 Å². The molecule has 1 heterocycles. The number of halogens is 3. The van der Waals surface area contributed by atoms with Crippen molar-refractivity contribution in [3.63, 3.8) is 0 Å². The summed E-state index contributed by atoms with van der Waals surface area (Å²) < 4.78 is 13.6. The van der Waals surface area contributed by atoms with E-state index in [0.29, 0.717) is 23.1 Å². The van der Waals surface area contributed by atoms with Crippen LogP contribution < -0.4 is 10.6 Å². The number of nitrogens with zero attached hydrogens (tertiary/aromatic N) is 1. The maximum atomic E-state index is 13.1. The Balaban J connectivity index is 2.38. The second kappa shape index (κ2) is 4.94. The van der Waals surface area contributed by atoms with Crippen LogP contribution >= 0.6 is 31.9 Å². The van der Waals surface area contributed by atoms with Crippen molar-refractivity contribution >= 4 is 49.1 Å². The first kappa shape index (κ1) is 12.8. The predicted octanol–water partition coefficient (Wildman–Crippen LogP) is 2.92. The molecule has 0 saturated carbocycles. The number of hydrogen-bond donors (Lipinski definition) is 1. The lowest BCUT2D eigenvalue weighted by atomic mass is 10.2. The molecule has 2 N–H and O–H groups in total. The molecule has 2 rings (SSSR count). The van der Waals surface area contributed by atoms with Crippen LogP contribution in [0.5, 0.6) is 0 Å². The summed E-state index contributed by atoms with van der Waals surface area (Å²) in [5.41, 5.74) is 6.62. The van der Waals surface area contributed by atoms with E-state index in [0.717, 1.165) is 5.33 Å². The number of alkyl halides is 1. The molecule has 0 bridgehead atoms. The van der Waals surface area contributed by atoms with Gasteiger partial charge in [0.15, 0.2) is 0 Å². The van der Waals surface area contributed by atoms with Crippen LogP contribution in [0.15, 0.2) is 16.6 Å². The summed E-state index contributed by atoms with van der Waals surface area (Å²) in [4.78, 5) is 13.5. The van der Waals surface area contributed by atoms with Crippen LogP contribution in [0.1, 0.15) is 6.42 Å². The summed E-state index contributed by atoms with van der Waals surface area (Å²) >= 11 is 6.62. The molecule has 6 heteroatoms. The van der Waals surface area contributed by atoms with Gasteiger partial charge in [-0.05, 0) is 34.0 Å². The van der Waals surface area contributed by atoms with Gasteiger partial charge in [0.25, 0.3) is 0 Å². The van der Waals surface area contributed by atoms with Crippen molar-refractivity contribution in [2.45, 2.75) is 6.42 Å². The van der Waals surface area contributed by atoms with Crippen LogP contribution in [0.25, 0.3) is 0 Å². The Morgan fingerprint density at radius 3 is 2.76 bits per heavy atom. The molecule has 17 heavy (non-hydrogen) atoms. The number of hydrogen-bond acceptors (Lipinski definition) is 2. The van der Waals surface area contributed by atoms with E-state index in [1.165, 1.54) is 12.1 Å². The molecule has 1 aliphatic heterocycles. The van der Waals surface area contributed by atoms with Gasteiger partial charge in [-0.1, -0.05) is 15.9 Å². The highest BCUT2D eigenvalue weighted by molar-refractivity contribution is 9.10. The first-order chi connectivity index (χ1) is 8.02. The average molecular weight is 366 g/mol. The van der Waals surface area contributed by atoms with Gasteiger partial charge in [-0.2, -0.15) is 0 Å². The molecule has 1 fully saturated rings. The van der Waals surface area contributed by atoms with Crippen LogP contribution in [0.4, 0.5) is 15.8 Å². The van der Waals surface area contributed by atoms with Gasteiger partial charge in [0.2, 0.25) is 5.91 Å². The molecule has 92 valence electrons. The highest BCUT2D eigenvalue weighted by Crippen LogP contribution is 2.37. The molecule has 3 nitrogen and oxygen atoms in total. The molecule has 1 atom stereocenters. The Morgan fingerprint density at radius 2 is 2.24 bits per heavy atom. The third-order valence-electron chi connectivity index (χ3n) is 2.75. The first-order valence-electron chi connectivity index (χ1n) is 5.13. The van der Waals surface area contributed by atoms with Crippen molar-refractivity contribution in [1.29, 1.82) is 0 Å². The Morgan fingerprint density at radius 1 is 1.53 bits per heavy atom. The number of amides is 1. The van der Waals surface area contributed by atoms with Crippen LogP contribution in [0.3, 0.4) is 0 Å². The van der Waals surface area contributed by atoms with E-state index in [4.69, 9.17) is 5.73 Å². The summed E-state index contributed by atoms with van der Waals surface area (Å²) in [6.45, 7) is 0.610. The zero-order valence-electron chi connectivity index (χ0n) is 8.92. The van der Waals surface area contributed by atoms with E-state index in [1.54, 1.807) is 4.90 Å². The van der Waals surface area contributed by atoms with E-state index in [9.17, 15) is 9.18 Å². The van der Waals surface area contributed by atoms with Gasteiger partial charge in [0.1, 0.15) is 5.82 Å². The van der Waals surface area contributed by atoms with Gasteiger partial charge in [0, 0.05) is 22.8 Å². The third kappa shape index (κ3) is 2.47. The van der Waals surface area contributed by atoms with Gasteiger partial charge in [-0.3, -0.25) is 4.79 Å². The Bertz CT molecular complexity index is 444. The van der Waals surface area contributed by atoms with Crippen LogP contribution in [-0.4, -0.2) is 17.8 Å². The lowest BCUT2D eigenvalue weighted by molar-refractivity contribution is -0.117. The fourth-order valence-electron chi connectivity index (χ4n) is 1.97. The van der Waals surface area contributed by atoms with Crippen molar-refractivity contribution in [2.75, 3.05) is 22.5 Å². The van der Waals surface area contributed by atoms with Crippen LogP contribution in [0.2, 0.25) is 0 Å². The van der Waals surface area contributed by atoms with Crippen molar-refractivity contribution < 1.29 is 9.18 Å². The quantitative estimate of drug-likeness (QED) is 0.647. The molecule has 1 unspecified atom stereocenters. The fraction of sp³-hybridized carbons (Fsp3) is 0.364. The number of benzene rings is 1. The summed E-state index contributed by atoms with van der Waals surface area (Å²) in [6, 6.07) is 2.55. The second-order valence-electron chi connectivity index (χ2n) is 4.05. The van der Waals surface area contributed by atoms with Gasteiger partial charge in [0.05, 0.1) is 11.4 Å². The summed E-state index contributed by atoms with van der Waals surface area (Å²) in [6.07, 6.45) is 0.495. The normalized spacial score (nSPS) is 20.1. The average Bonchev–Trinajstić information content (AvgIpc) is 2.59. The number of carbonyl (C=O) groups excluding carboxylic acids is 1. The molecule has 0 radical (unpaired) electrons. The SMILES string of the molecule is Nc1cc(F)cc(Br)c1N1CC(CBr)CC1=O. The van der Waals surface area contributed by atoms with Crippen molar-refractivity contribution in [3.8, 4) is 0 Å². The van der Waals surface area contributed by atoms with Crippen molar-refractivity contribution in [1.82, 2.24) is 0 Å². The monoisotopic (exact) mass is 364 g/mol. The van der Waals surface area contributed by atoms with Crippen molar-refractivity contribution in [3.05, 3.63) is 22.4 Å². The molecule has 1 aromatic carbocycles. The van der Waals surface area contributed by atoms with Gasteiger partial charge in [-0.25, -0.2) is 4.39 Å². The number of carbonyl (C=O) groups is 1. The number of rotatable bonds is 2. The van der Waals surface area contributed by atoms with E-state index >= 15 is 0 Å². The maximum absolute atomic E-state index is 13.1. The first-order valence-corrected chi connectivity index (χ1v) is 7.05. The second-order valence-corrected chi connectivity index (χ2v) is 5.56. The topological polar surface area (TPSA) is 46.3 Å². The smallest absolute Gasteiger partial charge is 0.227 e. The zero-order chi connectivity index (χ0) is 12.6. The Kier molecular flexibility index (Phi) is 3.73. The van der Waals surface area contributed by atoms with E-state index in [2.05, 4.69) is 31.9 Å². The van der Waals surface area contributed by atoms with Crippen molar-refractivity contribution in [2.24, 2.45) is 5.92 Å². The lowest BCUT2D eigenvalue weighted by Crippen LogP contribution is -2.26. The van der Waals surface area contributed by atoms with E-state index in [-0.39, 0.29) is 17.5 Å². The largest absolute Gasteiger partial charge is 0.397 e. The van der Waals surface area contributed by atoms with Gasteiger partial charge < -0.3 is 10.6 Å². The standard InChI is InChI=1S/C11H11Br2FN2O/c12-4-6-1-10(17)16(5-6)11-8(13)2-7(14)3-9(11)15/h2-3,6H,1,4-5,15H2. The highest BCUT2D eigenvalue weighted by Gasteiger charge is 2.32. The summed E-state index contributed by atoms with van der Waals surface area (Å²) in [7, 11) is 0. The minimum atomic E-state index is -0.415. The zero-order valence-corrected chi connectivity index (χ0v) is 12.1. The minimum Gasteiger partial charge on any atom is -0.397 e. The molecule has 0 aromatic heterocycles. The number of nitrogens with two attached hydrogens (primary N) is 1. The summed E-state index contributed by atoms with van der Waals surface area (Å²) in [5, 5.41) is 0.772. The molecule has 0 aliphatic carbocycles. The maximum Gasteiger partial charge on any atom is 0.227 e. The molecular weight excluding hydrogens is 355 g/mol. The van der Waals surface area contributed by atoms with E-state index < -0.39 is 5.82 Å². The predicted molar refractivity (Wildman–Crippen MR) is 72.8 cm³/mol. The molecule has 1 aromatic rings. The van der Waals surface area contributed by atoms with Gasteiger partial charge in [-0.15, -0.1) is 0 Å². The minimum absolute atomic E-state index is 0.0217. The summed E-state index contributed by atoms with van der Waals surface area (Å²) in [5.74, 6) is -0.117. The molecule has 1 aliphatic rings. The number of nitrogen functional groups attached to an aromatic ring is 1. The fourth-order valence-corrected chi connectivity index (χ4v) is 3.07. The third-order valence-corrected chi connectivity index (χ3v) is 4.27.